The van der Waals surface area contributed by atoms with E-state index < -0.39 is 12.8 Å². The molecule has 1 aromatic heterocycles. The molecule has 1 aromatic carbocycles. The zero-order chi connectivity index (χ0) is 26.0. The van der Waals surface area contributed by atoms with Gasteiger partial charge in [0.2, 0.25) is 5.91 Å². The summed E-state index contributed by atoms with van der Waals surface area (Å²) in [7, 11) is 0. The normalized spacial score (nSPS) is 22.1. The summed E-state index contributed by atoms with van der Waals surface area (Å²) in [5.41, 5.74) is 2.92. The molecule has 1 saturated carbocycles. The lowest BCUT2D eigenvalue weighted by Crippen LogP contribution is -2.38. The lowest BCUT2D eigenvalue weighted by atomic mass is 9.84. The van der Waals surface area contributed by atoms with E-state index in [0.29, 0.717) is 23.6 Å². The van der Waals surface area contributed by atoms with Gasteiger partial charge in [-0.25, -0.2) is 4.98 Å². The van der Waals surface area contributed by atoms with Gasteiger partial charge in [-0.15, -0.1) is 0 Å². The maximum atomic E-state index is 12.9. The first kappa shape index (κ1) is 26.0. The predicted molar refractivity (Wildman–Crippen MR) is 134 cm³/mol. The highest BCUT2D eigenvalue weighted by Crippen LogP contribution is 2.32. The van der Waals surface area contributed by atoms with Gasteiger partial charge in [0.15, 0.2) is 6.61 Å². The molecule has 200 valence electrons. The van der Waals surface area contributed by atoms with Crippen LogP contribution >= 0.6 is 11.3 Å². The fourth-order valence-corrected chi connectivity index (χ4v) is 6.42. The van der Waals surface area contributed by atoms with E-state index in [0.717, 1.165) is 80.7 Å². The Bertz CT molecular complexity index is 1120. The van der Waals surface area contributed by atoms with Gasteiger partial charge in [-0.05, 0) is 62.6 Å². The first-order chi connectivity index (χ1) is 17.7. The summed E-state index contributed by atoms with van der Waals surface area (Å²) in [6.07, 6.45) is 2.59. The molecule has 2 N–H and O–H groups in total. The quantitative estimate of drug-likeness (QED) is 0.550. The fraction of sp³-hybridized carbons (Fsp3) is 0.577. The van der Waals surface area contributed by atoms with Crippen molar-refractivity contribution in [2.75, 3.05) is 31.6 Å². The van der Waals surface area contributed by atoms with Crippen molar-refractivity contribution >= 4 is 28.8 Å². The molecule has 0 radical (unpaired) electrons. The van der Waals surface area contributed by atoms with Crippen LogP contribution in [0.25, 0.3) is 0 Å². The Labute approximate surface area is 217 Å². The molecule has 5 rings (SSSR count). The second kappa shape index (κ2) is 11.0. The third-order valence-electron chi connectivity index (χ3n) is 7.48. The number of fused-ring (bicyclic) bond motifs is 2. The van der Waals surface area contributed by atoms with Gasteiger partial charge in [0.25, 0.3) is 11.1 Å². The van der Waals surface area contributed by atoms with E-state index in [9.17, 15) is 22.8 Å². The first-order valence-electron chi connectivity index (χ1n) is 12.9. The number of thiazole rings is 1. The number of alkyl halides is 3. The van der Waals surface area contributed by atoms with E-state index in [2.05, 4.69) is 20.5 Å². The van der Waals surface area contributed by atoms with Gasteiger partial charge < -0.3 is 20.3 Å². The predicted octanol–water partition coefficient (Wildman–Crippen LogP) is 4.36. The molecule has 1 fully saturated rings. The van der Waals surface area contributed by atoms with Crippen LogP contribution in [0.2, 0.25) is 0 Å². The van der Waals surface area contributed by atoms with Crippen LogP contribution in [0.4, 0.5) is 18.9 Å². The second-order valence-electron chi connectivity index (χ2n) is 10.1. The highest BCUT2D eigenvalue weighted by molar-refractivity contribution is 7.13. The molecular formula is C26H31F3N4O3S. The molecule has 2 aromatic rings. The molecule has 7 nitrogen and oxygen atoms in total. The molecular weight excluding hydrogens is 505 g/mol. The number of anilines is 1. The SMILES string of the molecule is O=C1Cc2cccc(C(=O)N[C@H]3CC[C@H](CCN4CCc5nc(OCC(F)(F)F)sc5CC4)CC3)c2N1. The number of hydrogen-bond acceptors (Lipinski definition) is 6. The Morgan fingerprint density at radius 1 is 1.19 bits per heavy atom. The summed E-state index contributed by atoms with van der Waals surface area (Å²) in [4.78, 5) is 32.3. The Hall–Kier alpha value is -2.66. The number of nitrogens with one attached hydrogen (secondary N) is 2. The van der Waals surface area contributed by atoms with Gasteiger partial charge in [0.05, 0.1) is 23.4 Å². The largest absolute Gasteiger partial charge is 0.460 e. The number of benzene rings is 1. The van der Waals surface area contributed by atoms with E-state index in [-0.39, 0.29) is 23.0 Å². The van der Waals surface area contributed by atoms with Crippen molar-refractivity contribution in [1.29, 1.82) is 0 Å². The van der Waals surface area contributed by atoms with Crippen LogP contribution in [0.3, 0.4) is 0 Å². The molecule has 0 atom stereocenters. The van der Waals surface area contributed by atoms with Crippen LogP contribution < -0.4 is 15.4 Å². The van der Waals surface area contributed by atoms with Gasteiger partial charge in [0.1, 0.15) is 0 Å². The molecule has 3 aliphatic rings. The lowest BCUT2D eigenvalue weighted by Gasteiger charge is -2.31. The number of rotatable bonds is 7. The van der Waals surface area contributed by atoms with Crippen molar-refractivity contribution in [3.8, 4) is 5.19 Å². The van der Waals surface area contributed by atoms with Crippen LogP contribution in [0.1, 0.15) is 58.6 Å². The maximum Gasteiger partial charge on any atom is 0.422 e. The Balaban J connectivity index is 1.03. The first-order valence-corrected chi connectivity index (χ1v) is 13.7. The van der Waals surface area contributed by atoms with Gasteiger partial charge in [-0.2, -0.15) is 13.2 Å². The van der Waals surface area contributed by atoms with Gasteiger partial charge >= 0.3 is 6.18 Å². The van der Waals surface area contributed by atoms with Crippen molar-refractivity contribution in [2.45, 2.75) is 63.6 Å². The van der Waals surface area contributed by atoms with Crippen LogP contribution in [-0.2, 0) is 24.1 Å². The monoisotopic (exact) mass is 536 g/mol. The maximum absolute atomic E-state index is 12.9. The van der Waals surface area contributed by atoms with Crippen LogP contribution in [0, 0.1) is 5.92 Å². The zero-order valence-corrected chi connectivity index (χ0v) is 21.3. The fourth-order valence-electron chi connectivity index (χ4n) is 5.48. The summed E-state index contributed by atoms with van der Waals surface area (Å²) in [6.45, 7) is 1.41. The average molecular weight is 537 g/mol. The molecule has 3 heterocycles. The number of amides is 2. The minimum Gasteiger partial charge on any atom is -0.460 e. The molecule has 2 amide bonds. The topological polar surface area (TPSA) is 83.6 Å². The van der Waals surface area contributed by atoms with E-state index in [4.69, 9.17) is 4.74 Å². The smallest absolute Gasteiger partial charge is 0.422 e. The average Bonchev–Trinajstić information content (AvgIpc) is 3.39. The van der Waals surface area contributed by atoms with Crippen LogP contribution in [0.5, 0.6) is 5.19 Å². The number of aromatic nitrogens is 1. The second-order valence-corrected chi connectivity index (χ2v) is 11.2. The number of carbonyl (C=O) groups is 2. The minimum atomic E-state index is -4.36. The molecule has 0 spiro atoms. The lowest BCUT2D eigenvalue weighted by molar-refractivity contribution is -0.153. The van der Waals surface area contributed by atoms with Crippen molar-refractivity contribution in [3.05, 3.63) is 39.9 Å². The summed E-state index contributed by atoms with van der Waals surface area (Å²) < 4.78 is 42.0. The Morgan fingerprint density at radius 3 is 2.76 bits per heavy atom. The van der Waals surface area contributed by atoms with Crippen molar-refractivity contribution in [1.82, 2.24) is 15.2 Å². The highest BCUT2D eigenvalue weighted by Gasteiger charge is 2.30. The van der Waals surface area contributed by atoms with E-state index in [1.807, 2.05) is 12.1 Å². The van der Waals surface area contributed by atoms with Crippen LogP contribution in [0.15, 0.2) is 18.2 Å². The van der Waals surface area contributed by atoms with Gasteiger partial charge in [0, 0.05) is 30.4 Å². The molecule has 11 heteroatoms. The van der Waals surface area contributed by atoms with E-state index in [1.165, 1.54) is 11.3 Å². The summed E-state index contributed by atoms with van der Waals surface area (Å²) in [6, 6.07) is 5.60. The number of hydrogen-bond donors (Lipinski definition) is 2. The molecule has 0 unspecified atom stereocenters. The van der Waals surface area contributed by atoms with Crippen molar-refractivity contribution < 1.29 is 27.5 Å². The van der Waals surface area contributed by atoms with Crippen molar-refractivity contribution in [2.24, 2.45) is 5.92 Å². The molecule has 0 bridgehead atoms. The Morgan fingerprint density at radius 2 is 1.97 bits per heavy atom. The highest BCUT2D eigenvalue weighted by atomic mass is 32.1. The zero-order valence-electron chi connectivity index (χ0n) is 20.5. The minimum absolute atomic E-state index is 0.0771. The number of para-hydroxylation sites is 1. The van der Waals surface area contributed by atoms with Crippen LogP contribution in [-0.4, -0.2) is 60.2 Å². The molecule has 37 heavy (non-hydrogen) atoms. The number of carbonyl (C=O) groups excluding carboxylic acids is 2. The third kappa shape index (κ3) is 6.62. The number of halogens is 3. The van der Waals surface area contributed by atoms with E-state index >= 15 is 0 Å². The Kier molecular flexibility index (Phi) is 7.71. The third-order valence-corrected chi connectivity index (χ3v) is 8.55. The summed E-state index contributed by atoms with van der Waals surface area (Å²) in [5.74, 6) is 0.415. The molecule has 2 aliphatic heterocycles. The van der Waals surface area contributed by atoms with Gasteiger partial charge in [-0.3, -0.25) is 9.59 Å². The summed E-state index contributed by atoms with van der Waals surface area (Å²) in [5, 5.41) is 6.08. The van der Waals surface area contributed by atoms with E-state index in [1.54, 1.807) is 6.07 Å². The number of ether oxygens (including phenoxy) is 1. The molecule has 1 aliphatic carbocycles. The number of nitrogens with zero attached hydrogens (tertiary/aromatic N) is 2. The van der Waals surface area contributed by atoms with Gasteiger partial charge in [-0.1, -0.05) is 23.5 Å². The standard InChI is InChI=1S/C26H31F3N4O3S/c27-26(28,29)15-36-25-31-20-9-12-33(13-10-21(20)37-25)11-8-16-4-6-18(7-5-16)30-24(35)19-3-1-2-17-14-22(34)32-23(17)19/h1-3,16,18H,4-15H2,(H,30,35)(H,32,34)/t16-,18-. The molecule has 0 saturated heterocycles. The van der Waals surface area contributed by atoms with Crippen molar-refractivity contribution in [3.63, 3.8) is 0 Å². The summed E-state index contributed by atoms with van der Waals surface area (Å²) >= 11 is 1.23.